The first-order valence-electron chi connectivity index (χ1n) is 6.57. The maximum Gasteiger partial charge on any atom is 0.0166 e. The minimum absolute atomic E-state index is 0.661. The molecule has 0 amide bonds. The second-order valence-corrected chi connectivity index (χ2v) is 5.52. The van der Waals surface area contributed by atoms with Crippen LogP contribution in [-0.4, -0.2) is 36.6 Å². The summed E-state index contributed by atoms with van der Waals surface area (Å²) in [7, 11) is 0. The van der Waals surface area contributed by atoms with Gasteiger partial charge in [-0.3, -0.25) is 4.90 Å². The average molecular weight is 212 g/mol. The van der Waals surface area contributed by atoms with Crippen LogP contribution in [0.5, 0.6) is 0 Å². The number of hydrogen-bond donors (Lipinski definition) is 1. The topological polar surface area (TPSA) is 15.3 Å². The molecular weight excluding hydrogens is 184 g/mol. The summed E-state index contributed by atoms with van der Waals surface area (Å²) in [5.41, 5.74) is 0. The Morgan fingerprint density at radius 2 is 2.00 bits per heavy atom. The van der Waals surface area contributed by atoms with Crippen LogP contribution in [0.25, 0.3) is 0 Å². The highest BCUT2D eigenvalue weighted by Crippen LogP contribution is 2.13. The van der Waals surface area contributed by atoms with E-state index in [9.17, 15) is 0 Å². The Morgan fingerprint density at radius 3 is 2.67 bits per heavy atom. The molecule has 15 heavy (non-hydrogen) atoms. The smallest absolute Gasteiger partial charge is 0.0166 e. The molecule has 0 aromatic rings. The highest BCUT2D eigenvalue weighted by molar-refractivity contribution is 4.77. The summed E-state index contributed by atoms with van der Waals surface area (Å²) in [4.78, 5) is 2.66. The third-order valence-corrected chi connectivity index (χ3v) is 3.41. The van der Waals surface area contributed by atoms with Crippen molar-refractivity contribution < 1.29 is 0 Å². The molecule has 2 heteroatoms. The minimum Gasteiger partial charge on any atom is -0.313 e. The van der Waals surface area contributed by atoms with E-state index in [2.05, 4.69) is 37.9 Å². The molecule has 0 aromatic carbocycles. The maximum atomic E-state index is 3.55. The van der Waals surface area contributed by atoms with Gasteiger partial charge in [-0.25, -0.2) is 0 Å². The number of nitrogens with zero attached hydrogens (tertiary/aromatic N) is 1. The lowest BCUT2D eigenvalue weighted by atomic mass is 10.0. The van der Waals surface area contributed by atoms with Crippen molar-refractivity contribution in [2.45, 2.75) is 59.0 Å². The predicted molar refractivity (Wildman–Crippen MR) is 67.2 cm³/mol. The van der Waals surface area contributed by atoms with E-state index in [1.54, 1.807) is 0 Å². The summed E-state index contributed by atoms with van der Waals surface area (Å²) in [6.45, 7) is 13.0. The van der Waals surface area contributed by atoms with E-state index in [4.69, 9.17) is 0 Å². The van der Waals surface area contributed by atoms with Crippen LogP contribution in [0.3, 0.4) is 0 Å². The Bertz CT molecular complexity index is 168. The quantitative estimate of drug-likeness (QED) is 0.770. The van der Waals surface area contributed by atoms with Gasteiger partial charge in [-0.05, 0) is 52.1 Å². The third kappa shape index (κ3) is 4.98. The molecule has 1 heterocycles. The van der Waals surface area contributed by atoms with Crippen LogP contribution in [0.15, 0.2) is 0 Å². The molecule has 1 N–H and O–H groups in total. The van der Waals surface area contributed by atoms with Crippen molar-refractivity contribution in [1.82, 2.24) is 10.2 Å². The highest BCUT2D eigenvalue weighted by Gasteiger charge is 2.18. The molecule has 1 fully saturated rings. The normalized spacial score (nSPS) is 26.6. The zero-order valence-electron chi connectivity index (χ0n) is 10.9. The summed E-state index contributed by atoms with van der Waals surface area (Å²) in [6.07, 6.45) is 4.01. The molecule has 0 bridgehead atoms. The van der Waals surface area contributed by atoms with Crippen LogP contribution < -0.4 is 5.32 Å². The van der Waals surface area contributed by atoms with E-state index in [0.717, 1.165) is 12.0 Å². The Balaban J connectivity index is 2.32. The first kappa shape index (κ1) is 13.0. The zero-order chi connectivity index (χ0) is 11.3. The maximum absolute atomic E-state index is 3.55. The molecule has 0 aromatic heterocycles. The van der Waals surface area contributed by atoms with Crippen LogP contribution in [0.1, 0.15) is 47.0 Å². The van der Waals surface area contributed by atoms with Crippen LogP contribution in [0.2, 0.25) is 0 Å². The molecule has 1 aliphatic rings. The number of rotatable bonds is 4. The molecule has 1 aliphatic heterocycles. The van der Waals surface area contributed by atoms with Gasteiger partial charge >= 0.3 is 0 Å². The van der Waals surface area contributed by atoms with E-state index in [-0.39, 0.29) is 0 Å². The molecule has 1 rings (SSSR count). The fourth-order valence-electron chi connectivity index (χ4n) is 2.30. The highest BCUT2D eigenvalue weighted by atomic mass is 15.2. The Morgan fingerprint density at radius 1 is 1.27 bits per heavy atom. The van der Waals surface area contributed by atoms with E-state index in [0.29, 0.717) is 6.04 Å². The van der Waals surface area contributed by atoms with Crippen LogP contribution in [0, 0.1) is 5.92 Å². The van der Waals surface area contributed by atoms with E-state index in [1.165, 1.54) is 38.9 Å². The fraction of sp³-hybridized carbons (Fsp3) is 1.00. The summed E-state index contributed by atoms with van der Waals surface area (Å²) in [5, 5.41) is 3.55. The largest absolute Gasteiger partial charge is 0.313 e. The standard InChI is InChI=1S/C13H28N2/c1-11(2)6-7-13(4)15-9-5-8-14-12(3)10-15/h11-14H,5-10H2,1-4H3. The summed E-state index contributed by atoms with van der Waals surface area (Å²) in [6, 6.07) is 1.42. The molecule has 2 unspecified atom stereocenters. The molecule has 0 aliphatic carbocycles. The van der Waals surface area contributed by atoms with Gasteiger partial charge in [0.25, 0.3) is 0 Å². The van der Waals surface area contributed by atoms with Crippen LogP contribution >= 0.6 is 0 Å². The van der Waals surface area contributed by atoms with Gasteiger partial charge in [-0.1, -0.05) is 13.8 Å². The third-order valence-electron chi connectivity index (χ3n) is 3.41. The van der Waals surface area contributed by atoms with Gasteiger partial charge in [0, 0.05) is 18.6 Å². The van der Waals surface area contributed by atoms with Crippen molar-refractivity contribution in [1.29, 1.82) is 0 Å². The molecule has 90 valence electrons. The van der Waals surface area contributed by atoms with Gasteiger partial charge in [-0.2, -0.15) is 0 Å². The van der Waals surface area contributed by atoms with E-state index >= 15 is 0 Å². The Kier molecular flexibility index (Phi) is 5.62. The van der Waals surface area contributed by atoms with Gasteiger partial charge in [0.05, 0.1) is 0 Å². The number of nitrogens with one attached hydrogen (secondary N) is 1. The molecule has 0 spiro atoms. The first-order valence-corrected chi connectivity index (χ1v) is 6.57. The van der Waals surface area contributed by atoms with Gasteiger partial charge in [0.15, 0.2) is 0 Å². The lowest BCUT2D eigenvalue weighted by molar-refractivity contribution is 0.192. The van der Waals surface area contributed by atoms with Gasteiger partial charge in [-0.15, -0.1) is 0 Å². The lowest BCUT2D eigenvalue weighted by Crippen LogP contribution is -2.40. The Labute approximate surface area is 95.4 Å². The fourth-order valence-corrected chi connectivity index (χ4v) is 2.30. The molecular formula is C13H28N2. The van der Waals surface area contributed by atoms with Crippen LogP contribution in [-0.2, 0) is 0 Å². The Hall–Kier alpha value is -0.0800. The lowest BCUT2D eigenvalue weighted by Gasteiger charge is -2.29. The zero-order valence-corrected chi connectivity index (χ0v) is 10.9. The van der Waals surface area contributed by atoms with E-state index in [1.807, 2.05) is 0 Å². The van der Waals surface area contributed by atoms with Crippen molar-refractivity contribution in [3.63, 3.8) is 0 Å². The van der Waals surface area contributed by atoms with Gasteiger partial charge in [0.1, 0.15) is 0 Å². The van der Waals surface area contributed by atoms with Crippen molar-refractivity contribution >= 4 is 0 Å². The molecule has 1 saturated heterocycles. The first-order chi connectivity index (χ1) is 7.09. The van der Waals surface area contributed by atoms with Crippen molar-refractivity contribution in [2.75, 3.05) is 19.6 Å². The second kappa shape index (κ2) is 6.49. The SMILES string of the molecule is CC(C)CCC(C)N1CCCNC(C)C1. The summed E-state index contributed by atoms with van der Waals surface area (Å²) in [5.74, 6) is 0.843. The van der Waals surface area contributed by atoms with Crippen molar-refractivity contribution in [3.05, 3.63) is 0 Å². The predicted octanol–water partition coefficient (Wildman–Crippen LogP) is 2.49. The second-order valence-electron chi connectivity index (χ2n) is 5.52. The molecule has 2 nitrogen and oxygen atoms in total. The van der Waals surface area contributed by atoms with Crippen LogP contribution in [0.4, 0.5) is 0 Å². The average Bonchev–Trinajstić information content (AvgIpc) is 2.39. The summed E-state index contributed by atoms with van der Waals surface area (Å²) < 4.78 is 0. The van der Waals surface area contributed by atoms with Crippen molar-refractivity contribution in [3.8, 4) is 0 Å². The minimum atomic E-state index is 0.661. The molecule has 0 radical (unpaired) electrons. The summed E-state index contributed by atoms with van der Waals surface area (Å²) >= 11 is 0. The van der Waals surface area contributed by atoms with E-state index < -0.39 is 0 Å². The monoisotopic (exact) mass is 212 g/mol. The van der Waals surface area contributed by atoms with Gasteiger partial charge < -0.3 is 5.32 Å². The molecule has 2 atom stereocenters. The number of hydrogen-bond acceptors (Lipinski definition) is 2. The molecule has 0 saturated carbocycles. The van der Waals surface area contributed by atoms with Gasteiger partial charge in [0.2, 0.25) is 0 Å². The van der Waals surface area contributed by atoms with Crippen molar-refractivity contribution in [2.24, 2.45) is 5.92 Å².